The number of pyridine rings is 1. The van der Waals surface area contributed by atoms with Gasteiger partial charge < -0.3 is 10.1 Å². The molecule has 2 aromatic heterocycles. The third-order valence-corrected chi connectivity index (χ3v) is 4.39. The first-order valence-electron chi connectivity index (χ1n) is 9.38. The third-order valence-electron chi connectivity index (χ3n) is 4.39. The highest BCUT2D eigenvalue weighted by atomic mass is 19.4. The Bertz CT molecular complexity index is 1250. The Hall–Kier alpha value is -4.27. The number of carbonyl (C=O) groups excluding carboxylic acids is 1. The lowest BCUT2D eigenvalue weighted by Crippen LogP contribution is -2.13. The number of aromatic nitrogens is 3. The maximum absolute atomic E-state index is 12.9. The van der Waals surface area contributed by atoms with Crippen LogP contribution in [0.25, 0.3) is 11.3 Å². The van der Waals surface area contributed by atoms with E-state index in [1.807, 2.05) is 0 Å². The molecule has 0 aliphatic heterocycles. The Kier molecular flexibility index (Phi) is 5.80. The van der Waals surface area contributed by atoms with E-state index in [0.29, 0.717) is 28.6 Å². The summed E-state index contributed by atoms with van der Waals surface area (Å²) in [5, 5.41) is 2.58. The first-order chi connectivity index (χ1) is 15.4. The molecule has 1 amide bonds. The molecule has 0 aliphatic rings. The maximum Gasteiger partial charge on any atom is 0.416 e. The minimum atomic E-state index is -4.53. The van der Waals surface area contributed by atoms with Gasteiger partial charge in [0.2, 0.25) is 5.88 Å². The molecule has 2 aromatic carbocycles. The van der Waals surface area contributed by atoms with Gasteiger partial charge in [-0.1, -0.05) is 12.1 Å². The lowest BCUT2D eigenvalue weighted by molar-refractivity contribution is -0.137. The molecule has 0 unspecified atom stereocenters. The Balaban J connectivity index is 1.54. The topological polar surface area (TPSA) is 77.0 Å². The van der Waals surface area contributed by atoms with Gasteiger partial charge in [0.1, 0.15) is 12.1 Å². The minimum Gasteiger partial charge on any atom is -0.438 e. The van der Waals surface area contributed by atoms with Crippen LogP contribution in [0, 0.1) is 0 Å². The van der Waals surface area contributed by atoms with E-state index in [1.165, 1.54) is 18.5 Å². The number of benzene rings is 2. The monoisotopic (exact) mass is 436 g/mol. The number of amides is 1. The molecule has 0 fully saturated rings. The molecule has 0 aliphatic carbocycles. The number of hydrogen-bond acceptors (Lipinski definition) is 5. The summed E-state index contributed by atoms with van der Waals surface area (Å²) >= 11 is 0. The maximum atomic E-state index is 12.9. The fourth-order valence-corrected chi connectivity index (χ4v) is 2.91. The standard InChI is InChI=1S/C23H15F3N4O2/c24-23(25,26)16-5-1-4-15(12-16)21(31)30-17-6-2-7-18(13-17)32-22-19(8-3-10-28-22)20-9-11-27-14-29-20/h1-14H,(H,30,31). The molecule has 0 radical (unpaired) electrons. The Morgan fingerprint density at radius 2 is 1.75 bits per heavy atom. The molecule has 9 heteroatoms. The molecule has 0 bridgehead atoms. The highest BCUT2D eigenvalue weighted by Crippen LogP contribution is 2.32. The average Bonchev–Trinajstić information content (AvgIpc) is 2.80. The van der Waals surface area contributed by atoms with E-state index in [2.05, 4.69) is 20.3 Å². The van der Waals surface area contributed by atoms with Crippen LogP contribution in [-0.2, 0) is 6.18 Å². The molecule has 0 saturated heterocycles. The SMILES string of the molecule is O=C(Nc1cccc(Oc2ncccc2-c2ccncn2)c1)c1cccc(C(F)(F)F)c1. The predicted octanol–water partition coefficient (Wildman–Crippen LogP) is 5.60. The van der Waals surface area contributed by atoms with Gasteiger partial charge in [0.05, 0.1) is 16.8 Å². The number of anilines is 1. The van der Waals surface area contributed by atoms with Crippen LogP contribution in [0.3, 0.4) is 0 Å². The van der Waals surface area contributed by atoms with Crippen molar-refractivity contribution in [1.82, 2.24) is 15.0 Å². The molecular weight excluding hydrogens is 421 g/mol. The van der Waals surface area contributed by atoms with E-state index in [9.17, 15) is 18.0 Å². The smallest absolute Gasteiger partial charge is 0.416 e. The molecule has 4 rings (SSSR count). The number of nitrogens with zero attached hydrogens (tertiary/aromatic N) is 3. The molecule has 2 heterocycles. The van der Waals surface area contributed by atoms with Crippen molar-refractivity contribution in [2.45, 2.75) is 6.18 Å². The summed E-state index contributed by atoms with van der Waals surface area (Å²) in [4.78, 5) is 24.8. The van der Waals surface area contributed by atoms with E-state index in [-0.39, 0.29) is 5.56 Å². The van der Waals surface area contributed by atoms with Gasteiger partial charge in [-0.3, -0.25) is 4.79 Å². The van der Waals surface area contributed by atoms with Crippen molar-refractivity contribution in [2.24, 2.45) is 0 Å². The van der Waals surface area contributed by atoms with Crippen LogP contribution in [0.5, 0.6) is 11.6 Å². The van der Waals surface area contributed by atoms with Crippen molar-refractivity contribution in [3.8, 4) is 22.9 Å². The van der Waals surface area contributed by atoms with Crippen molar-refractivity contribution in [1.29, 1.82) is 0 Å². The van der Waals surface area contributed by atoms with E-state index >= 15 is 0 Å². The lowest BCUT2D eigenvalue weighted by Gasteiger charge is -2.12. The lowest BCUT2D eigenvalue weighted by atomic mass is 10.1. The Morgan fingerprint density at radius 1 is 0.906 bits per heavy atom. The molecule has 0 atom stereocenters. The zero-order valence-electron chi connectivity index (χ0n) is 16.4. The van der Waals surface area contributed by atoms with Gasteiger partial charge in [0, 0.05) is 29.7 Å². The highest BCUT2D eigenvalue weighted by Gasteiger charge is 2.30. The minimum absolute atomic E-state index is 0.109. The van der Waals surface area contributed by atoms with Crippen molar-refractivity contribution >= 4 is 11.6 Å². The van der Waals surface area contributed by atoms with Crippen LogP contribution in [-0.4, -0.2) is 20.9 Å². The molecule has 0 saturated carbocycles. The molecule has 1 N–H and O–H groups in total. The summed E-state index contributed by atoms with van der Waals surface area (Å²) in [7, 11) is 0. The Labute approximate surface area is 180 Å². The van der Waals surface area contributed by atoms with Crippen LogP contribution in [0.2, 0.25) is 0 Å². The van der Waals surface area contributed by atoms with Crippen LogP contribution in [0.4, 0.5) is 18.9 Å². The van der Waals surface area contributed by atoms with Crippen LogP contribution in [0.15, 0.2) is 85.5 Å². The van der Waals surface area contributed by atoms with Crippen LogP contribution in [0.1, 0.15) is 15.9 Å². The number of rotatable bonds is 5. The van der Waals surface area contributed by atoms with E-state index in [0.717, 1.165) is 12.1 Å². The molecule has 160 valence electrons. The van der Waals surface area contributed by atoms with Crippen molar-refractivity contribution in [3.05, 3.63) is 96.6 Å². The number of alkyl halides is 3. The van der Waals surface area contributed by atoms with E-state index in [4.69, 9.17) is 4.74 Å². The van der Waals surface area contributed by atoms with Gasteiger partial charge in [0.15, 0.2) is 0 Å². The van der Waals surface area contributed by atoms with Crippen molar-refractivity contribution in [2.75, 3.05) is 5.32 Å². The predicted molar refractivity (Wildman–Crippen MR) is 111 cm³/mol. The van der Waals surface area contributed by atoms with Crippen molar-refractivity contribution in [3.63, 3.8) is 0 Å². The number of carbonyl (C=O) groups is 1. The molecule has 4 aromatic rings. The number of ether oxygens (including phenoxy) is 1. The highest BCUT2D eigenvalue weighted by molar-refractivity contribution is 6.04. The molecule has 6 nitrogen and oxygen atoms in total. The normalized spacial score (nSPS) is 11.1. The van der Waals surface area contributed by atoms with E-state index < -0.39 is 17.6 Å². The van der Waals surface area contributed by atoms with Gasteiger partial charge in [0.25, 0.3) is 5.91 Å². The number of nitrogens with one attached hydrogen (secondary N) is 1. The summed E-state index contributed by atoms with van der Waals surface area (Å²) in [5.74, 6) is 0.00108. The average molecular weight is 436 g/mol. The van der Waals surface area contributed by atoms with Crippen LogP contribution < -0.4 is 10.1 Å². The molecule has 0 spiro atoms. The molecule has 32 heavy (non-hydrogen) atoms. The summed E-state index contributed by atoms with van der Waals surface area (Å²) < 4.78 is 44.6. The van der Waals surface area contributed by atoms with Gasteiger partial charge >= 0.3 is 6.18 Å². The summed E-state index contributed by atoms with van der Waals surface area (Å²) in [6.45, 7) is 0. The first kappa shape index (κ1) is 21.0. The summed E-state index contributed by atoms with van der Waals surface area (Å²) in [5.41, 5.74) is 0.617. The van der Waals surface area contributed by atoms with Crippen molar-refractivity contribution < 1.29 is 22.7 Å². The largest absolute Gasteiger partial charge is 0.438 e. The second-order valence-electron chi connectivity index (χ2n) is 6.61. The summed E-state index contributed by atoms with van der Waals surface area (Å²) in [6.07, 6.45) is 0.0481. The quantitative estimate of drug-likeness (QED) is 0.441. The van der Waals surface area contributed by atoms with Crippen LogP contribution >= 0.6 is 0 Å². The van der Waals surface area contributed by atoms with Gasteiger partial charge in [-0.2, -0.15) is 13.2 Å². The van der Waals surface area contributed by atoms with Gasteiger partial charge in [-0.05, 0) is 48.5 Å². The van der Waals surface area contributed by atoms with Gasteiger partial charge in [-0.25, -0.2) is 15.0 Å². The Morgan fingerprint density at radius 3 is 2.53 bits per heavy atom. The van der Waals surface area contributed by atoms with E-state index in [1.54, 1.807) is 54.9 Å². The number of halogens is 3. The first-order valence-corrected chi connectivity index (χ1v) is 9.38. The molecular formula is C23H15F3N4O2. The summed E-state index contributed by atoms with van der Waals surface area (Å²) in [6, 6.07) is 15.9. The third kappa shape index (κ3) is 4.89. The fourth-order valence-electron chi connectivity index (χ4n) is 2.91. The second-order valence-corrected chi connectivity index (χ2v) is 6.61. The fraction of sp³-hybridized carbons (Fsp3) is 0.0435. The zero-order chi connectivity index (χ0) is 22.6. The second kappa shape index (κ2) is 8.84. The van der Waals surface area contributed by atoms with Gasteiger partial charge in [-0.15, -0.1) is 0 Å². The zero-order valence-corrected chi connectivity index (χ0v) is 16.4. The number of hydrogen-bond donors (Lipinski definition) is 1.